The van der Waals surface area contributed by atoms with Crippen LogP contribution in [0.1, 0.15) is 22.3 Å². The van der Waals surface area contributed by atoms with Gasteiger partial charge in [-0.3, -0.25) is 0 Å². The summed E-state index contributed by atoms with van der Waals surface area (Å²) in [5.41, 5.74) is 7.14. The van der Waals surface area contributed by atoms with Crippen molar-refractivity contribution < 1.29 is 9.47 Å². The van der Waals surface area contributed by atoms with Crippen molar-refractivity contribution >= 4 is 33.1 Å². The first-order valence-corrected chi connectivity index (χ1v) is 14.0. The zero-order valence-electron chi connectivity index (χ0n) is 21.9. The lowest BCUT2D eigenvalue weighted by Gasteiger charge is -2.34. The first-order chi connectivity index (χ1) is 19.7. The summed E-state index contributed by atoms with van der Waals surface area (Å²) >= 11 is 5.84. The van der Waals surface area contributed by atoms with Crippen molar-refractivity contribution in [2.75, 3.05) is 12.5 Å². The average Bonchev–Trinajstić information content (AvgIpc) is 3.31. The zero-order valence-corrected chi connectivity index (χ0v) is 22.7. The van der Waals surface area contributed by atoms with Gasteiger partial charge in [0, 0.05) is 0 Å². The molecule has 40 heavy (non-hydrogen) atoms. The molecular weight excluding hydrogens is 512 g/mol. The predicted molar refractivity (Wildman–Crippen MR) is 166 cm³/mol. The molecule has 0 heterocycles. The monoisotopic (exact) mass is 538 g/mol. The summed E-state index contributed by atoms with van der Waals surface area (Å²) < 4.78 is 11.3. The van der Waals surface area contributed by atoms with E-state index in [0.29, 0.717) is 12.5 Å². The third kappa shape index (κ3) is 3.79. The highest BCUT2D eigenvalue weighted by molar-refractivity contribution is 6.18. The van der Waals surface area contributed by atoms with Crippen molar-refractivity contribution in [3.63, 3.8) is 0 Å². The minimum atomic E-state index is -0.473. The SMILES string of the molecule is C=COc1ccc2cc(C3(c4ccc5cc(OCCCl)ccc5c4)c4ccccc4-c4ccccc43)ccc2c1. The Balaban J connectivity index is 1.50. The zero-order chi connectivity index (χ0) is 27.1. The molecule has 6 aromatic rings. The summed E-state index contributed by atoms with van der Waals surface area (Å²) in [4.78, 5) is 0. The smallest absolute Gasteiger partial charge is 0.127 e. The number of halogens is 1. The van der Waals surface area contributed by atoms with E-state index in [2.05, 4.69) is 116 Å². The molecule has 6 aromatic carbocycles. The molecular formula is C37H27ClO2. The van der Waals surface area contributed by atoms with Crippen LogP contribution in [0.4, 0.5) is 0 Å². The van der Waals surface area contributed by atoms with Crippen LogP contribution in [0.25, 0.3) is 32.7 Å². The molecule has 7 rings (SSSR count). The van der Waals surface area contributed by atoms with Gasteiger partial charge < -0.3 is 9.47 Å². The van der Waals surface area contributed by atoms with Crippen LogP contribution < -0.4 is 9.47 Å². The van der Waals surface area contributed by atoms with Crippen molar-refractivity contribution in [1.29, 1.82) is 0 Å². The van der Waals surface area contributed by atoms with Gasteiger partial charge in [-0.2, -0.15) is 0 Å². The van der Waals surface area contributed by atoms with Crippen LogP contribution in [0.2, 0.25) is 0 Å². The third-order valence-electron chi connectivity index (χ3n) is 8.01. The second-order valence-corrected chi connectivity index (χ2v) is 10.5. The quantitative estimate of drug-likeness (QED) is 0.148. The number of hydrogen-bond donors (Lipinski definition) is 0. The van der Waals surface area contributed by atoms with Crippen molar-refractivity contribution in [1.82, 2.24) is 0 Å². The lowest BCUT2D eigenvalue weighted by Crippen LogP contribution is -2.28. The molecule has 0 radical (unpaired) electrons. The maximum atomic E-state index is 5.84. The normalized spacial score (nSPS) is 13.1. The van der Waals surface area contributed by atoms with Crippen LogP contribution in [-0.4, -0.2) is 12.5 Å². The van der Waals surface area contributed by atoms with E-state index in [-0.39, 0.29) is 0 Å². The van der Waals surface area contributed by atoms with Crippen molar-refractivity contribution in [3.05, 3.63) is 156 Å². The van der Waals surface area contributed by atoms with E-state index in [0.717, 1.165) is 27.7 Å². The highest BCUT2D eigenvalue weighted by Crippen LogP contribution is 2.56. The van der Waals surface area contributed by atoms with Gasteiger partial charge in [-0.1, -0.05) is 91.5 Å². The van der Waals surface area contributed by atoms with Crippen molar-refractivity contribution in [2.45, 2.75) is 5.41 Å². The number of hydrogen-bond acceptors (Lipinski definition) is 2. The summed E-state index contributed by atoms with van der Waals surface area (Å²) in [6, 6.07) is 43.7. The Labute approximate surface area is 239 Å². The van der Waals surface area contributed by atoms with Gasteiger partial charge in [0.15, 0.2) is 0 Å². The number of benzene rings is 6. The third-order valence-corrected chi connectivity index (χ3v) is 8.16. The van der Waals surface area contributed by atoms with Gasteiger partial charge in [0.2, 0.25) is 0 Å². The minimum absolute atomic E-state index is 0.465. The standard InChI is InChI=1S/C37H27ClO2/c1-2-39-31-17-13-25-21-29(15-11-27(25)23-31)37(35-9-5-3-7-33(35)34-8-4-6-10-36(34)37)30-16-12-28-24-32(40-20-19-38)18-14-26(28)22-30/h2-18,21-24H,1,19-20H2. The van der Waals surface area contributed by atoms with E-state index in [1.54, 1.807) is 0 Å². The fraction of sp³-hybridized carbons (Fsp3) is 0.0811. The largest absolute Gasteiger partial charge is 0.492 e. The lowest BCUT2D eigenvalue weighted by atomic mass is 9.67. The molecule has 0 saturated heterocycles. The highest BCUT2D eigenvalue weighted by Gasteiger charge is 2.46. The summed E-state index contributed by atoms with van der Waals surface area (Å²) in [5, 5.41) is 4.60. The number of rotatable bonds is 7. The molecule has 0 unspecified atom stereocenters. The van der Waals surface area contributed by atoms with Crippen LogP contribution in [0.5, 0.6) is 11.5 Å². The first-order valence-electron chi connectivity index (χ1n) is 13.5. The molecule has 0 N–H and O–H groups in total. The molecule has 1 aliphatic rings. The second kappa shape index (κ2) is 9.89. The highest BCUT2D eigenvalue weighted by atomic mass is 35.5. The Morgan fingerprint density at radius 1 is 0.600 bits per heavy atom. The average molecular weight is 539 g/mol. The molecule has 0 saturated carbocycles. The topological polar surface area (TPSA) is 18.5 Å². The van der Waals surface area contributed by atoms with E-state index in [9.17, 15) is 0 Å². The summed E-state index contributed by atoms with van der Waals surface area (Å²) in [5.74, 6) is 2.08. The molecule has 2 nitrogen and oxygen atoms in total. The molecule has 0 amide bonds. The summed E-state index contributed by atoms with van der Waals surface area (Å²) in [6.07, 6.45) is 1.46. The lowest BCUT2D eigenvalue weighted by molar-refractivity contribution is 0.343. The van der Waals surface area contributed by atoms with E-state index in [1.165, 1.54) is 45.0 Å². The van der Waals surface area contributed by atoms with E-state index < -0.39 is 5.41 Å². The number of ether oxygens (including phenoxy) is 2. The Bertz CT molecular complexity index is 1860. The van der Waals surface area contributed by atoms with Crippen LogP contribution in [0.15, 0.2) is 134 Å². The molecule has 0 fully saturated rings. The fourth-order valence-corrected chi connectivity index (χ4v) is 6.43. The fourth-order valence-electron chi connectivity index (χ4n) is 6.35. The minimum Gasteiger partial charge on any atom is -0.492 e. The van der Waals surface area contributed by atoms with Crippen LogP contribution in [0.3, 0.4) is 0 Å². The van der Waals surface area contributed by atoms with E-state index >= 15 is 0 Å². The van der Waals surface area contributed by atoms with E-state index in [4.69, 9.17) is 21.1 Å². The molecule has 0 atom stereocenters. The van der Waals surface area contributed by atoms with Crippen LogP contribution >= 0.6 is 11.6 Å². The van der Waals surface area contributed by atoms with Gasteiger partial charge in [-0.05, 0) is 91.3 Å². The predicted octanol–water partition coefficient (Wildman–Crippen LogP) is 9.50. The van der Waals surface area contributed by atoms with Crippen LogP contribution in [-0.2, 0) is 5.41 Å². The van der Waals surface area contributed by atoms with Crippen molar-refractivity contribution in [2.24, 2.45) is 0 Å². The van der Waals surface area contributed by atoms with Crippen molar-refractivity contribution in [3.8, 4) is 22.6 Å². The van der Waals surface area contributed by atoms with Gasteiger partial charge in [-0.25, -0.2) is 0 Å². The van der Waals surface area contributed by atoms with Crippen LogP contribution in [0, 0.1) is 0 Å². The molecule has 3 heteroatoms. The van der Waals surface area contributed by atoms with E-state index in [1.807, 2.05) is 12.1 Å². The molecule has 0 aliphatic heterocycles. The Morgan fingerprint density at radius 2 is 1.10 bits per heavy atom. The maximum absolute atomic E-state index is 5.84. The Kier molecular flexibility index (Phi) is 6.06. The van der Waals surface area contributed by atoms with Gasteiger partial charge >= 0.3 is 0 Å². The molecule has 1 aliphatic carbocycles. The molecule has 0 aromatic heterocycles. The summed E-state index contributed by atoms with van der Waals surface area (Å²) in [6.45, 7) is 4.18. The van der Waals surface area contributed by atoms with Gasteiger partial charge in [0.05, 0.1) is 17.6 Å². The second-order valence-electron chi connectivity index (χ2n) is 10.1. The van der Waals surface area contributed by atoms with Gasteiger partial charge in [-0.15, -0.1) is 11.6 Å². The molecule has 0 spiro atoms. The first kappa shape index (κ1) is 24.5. The number of alkyl halides is 1. The molecule has 194 valence electrons. The van der Waals surface area contributed by atoms with Gasteiger partial charge in [0.25, 0.3) is 0 Å². The Hall–Kier alpha value is -4.53. The maximum Gasteiger partial charge on any atom is 0.127 e. The Morgan fingerprint density at radius 3 is 1.68 bits per heavy atom. The summed E-state index contributed by atoms with van der Waals surface area (Å²) in [7, 11) is 0. The molecule has 0 bridgehead atoms. The number of fused-ring (bicyclic) bond motifs is 5. The van der Waals surface area contributed by atoms with Gasteiger partial charge in [0.1, 0.15) is 18.1 Å².